The van der Waals surface area contributed by atoms with Gasteiger partial charge in [-0.1, -0.05) is 12.8 Å². The smallest absolute Gasteiger partial charge is 0.270 e. The third kappa shape index (κ3) is 3.33. The third-order valence-corrected chi connectivity index (χ3v) is 5.32. The van der Waals surface area contributed by atoms with E-state index in [-0.39, 0.29) is 5.91 Å². The summed E-state index contributed by atoms with van der Waals surface area (Å²) in [5, 5.41) is 13.5. The molecule has 2 aromatic rings. The molecule has 6 heteroatoms. The van der Waals surface area contributed by atoms with Gasteiger partial charge in [0.2, 0.25) is 0 Å². The average Bonchev–Trinajstić information content (AvgIpc) is 3.19. The second kappa shape index (κ2) is 6.09. The Labute approximate surface area is 140 Å². The minimum Gasteiger partial charge on any atom is -0.388 e. The fraction of sp³-hybridized carbons (Fsp3) is 0.529. The molecule has 0 saturated heterocycles. The molecule has 1 amide bonds. The summed E-state index contributed by atoms with van der Waals surface area (Å²) in [6.45, 7) is 2.36. The van der Waals surface area contributed by atoms with E-state index >= 15 is 0 Å². The highest BCUT2D eigenvalue weighted by molar-refractivity contribution is 7.09. The monoisotopic (exact) mass is 333 g/mol. The lowest BCUT2D eigenvalue weighted by atomic mass is 10.0. The zero-order valence-electron chi connectivity index (χ0n) is 13.9. The van der Waals surface area contributed by atoms with E-state index in [0.29, 0.717) is 12.2 Å². The molecule has 0 atom stereocenters. The van der Waals surface area contributed by atoms with Crippen LogP contribution in [0.4, 0.5) is 0 Å². The Balaban J connectivity index is 1.78. The number of amides is 1. The van der Waals surface area contributed by atoms with Gasteiger partial charge >= 0.3 is 0 Å². The number of hydrogen-bond acceptors (Lipinski definition) is 4. The SMILES string of the molecule is Cc1nc(-c2cc(C(=O)N(C)CC3(O)CCCC3)n(C)c2)cs1. The van der Waals surface area contributed by atoms with E-state index in [1.54, 1.807) is 23.3 Å². The van der Waals surface area contributed by atoms with E-state index in [9.17, 15) is 9.90 Å². The fourth-order valence-electron chi connectivity index (χ4n) is 3.31. The summed E-state index contributed by atoms with van der Waals surface area (Å²) in [7, 11) is 3.63. The molecule has 1 saturated carbocycles. The Morgan fingerprint density at radius 3 is 2.78 bits per heavy atom. The molecule has 5 nitrogen and oxygen atoms in total. The Bertz CT molecular complexity index is 713. The fourth-order valence-corrected chi connectivity index (χ4v) is 3.94. The van der Waals surface area contributed by atoms with E-state index in [1.165, 1.54) is 0 Å². The molecule has 1 N–H and O–H groups in total. The number of hydrogen-bond donors (Lipinski definition) is 1. The minimum atomic E-state index is -0.718. The van der Waals surface area contributed by atoms with Gasteiger partial charge in [0.25, 0.3) is 5.91 Å². The van der Waals surface area contributed by atoms with Crippen LogP contribution in [0, 0.1) is 6.92 Å². The highest BCUT2D eigenvalue weighted by Crippen LogP contribution is 2.30. The van der Waals surface area contributed by atoms with Crippen LogP contribution in [0.3, 0.4) is 0 Å². The lowest BCUT2D eigenvalue weighted by molar-refractivity contribution is 0.0153. The number of aromatic nitrogens is 2. The number of rotatable bonds is 4. The third-order valence-electron chi connectivity index (χ3n) is 4.55. The molecule has 0 radical (unpaired) electrons. The summed E-state index contributed by atoms with van der Waals surface area (Å²) < 4.78 is 1.83. The van der Waals surface area contributed by atoms with Crippen molar-refractivity contribution in [2.75, 3.05) is 13.6 Å². The Kier molecular flexibility index (Phi) is 4.29. The van der Waals surface area contributed by atoms with Crippen molar-refractivity contribution in [2.45, 2.75) is 38.2 Å². The summed E-state index contributed by atoms with van der Waals surface area (Å²) >= 11 is 1.60. The summed E-state index contributed by atoms with van der Waals surface area (Å²) in [6, 6.07) is 1.88. The summed E-state index contributed by atoms with van der Waals surface area (Å²) in [5.74, 6) is -0.0639. The van der Waals surface area contributed by atoms with Gasteiger partial charge in [-0.3, -0.25) is 4.79 Å². The van der Waals surface area contributed by atoms with Gasteiger partial charge in [0.05, 0.1) is 16.3 Å². The molecule has 0 aromatic carbocycles. The topological polar surface area (TPSA) is 58.4 Å². The van der Waals surface area contributed by atoms with Crippen molar-refractivity contribution in [3.05, 3.63) is 28.3 Å². The molecule has 2 aromatic heterocycles. The van der Waals surface area contributed by atoms with Crippen molar-refractivity contribution < 1.29 is 9.90 Å². The van der Waals surface area contributed by atoms with Crippen LogP contribution >= 0.6 is 11.3 Å². The quantitative estimate of drug-likeness (QED) is 0.936. The first-order chi connectivity index (χ1) is 10.9. The second-order valence-corrected chi connectivity index (χ2v) is 7.63. The first kappa shape index (κ1) is 16.2. The maximum absolute atomic E-state index is 12.7. The number of thiazole rings is 1. The van der Waals surface area contributed by atoms with Crippen LogP contribution in [-0.2, 0) is 7.05 Å². The predicted molar refractivity (Wildman–Crippen MR) is 91.6 cm³/mol. The molecular weight excluding hydrogens is 310 g/mol. The average molecular weight is 333 g/mol. The standard InChI is InChI=1S/C17H23N3O2S/c1-12-18-14(10-23-12)13-8-15(19(2)9-13)16(21)20(3)11-17(22)6-4-5-7-17/h8-10,22H,4-7,11H2,1-3H3. The van der Waals surface area contributed by atoms with E-state index in [2.05, 4.69) is 4.98 Å². The van der Waals surface area contributed by atoms with Gasteiger partial charge in [-0.15, -0.1) is 11.3 Å². The van der Waals surface area contributed by atoms with Crippen molar-refractivity contribution in [1.29, 1.82) is 0 Å². The van der Waals surface area contributed by atoms with Gasteiger partial charge in [-0.2, -0.15) is 0 Å². The maximum Gasteiger partial charge on any atom is 0.270 e. The normalized spacial score (nSPS) is 16.7. The molecule has 23 heavy (non-hydrogen) atoms. The van der Waals surface area contributed by atoms with Crippen LogP contribution in [0.5, 0.6) is 0 Å². The van der Waals surface area contributed by atoms with E-state index in [0.717, 1.165) is 41.9 Å². The molecule has 1 aliphatic carbocycles. The lowest BCUT2D eigenvalue weighted by Gasteiger charge is -2.28. The molecule has 2 heterocycles. The molecule has 1 aliphatic rings. The molecule has 0 aliphatic heterocycles. The number of likely N-dealkylation sites (N-methyl/N-ethyl adjacent to an activating group) is 1. The molecule has 1 fully saturated rings. The van der Waals surface area contributed by atoms with Crippen molar-refractivity contribution in [3.8, 4) is 11.3 Å². The predicted octanol–water partition coefficient (Wildman–Crippen LogP) is 2.83. The Hall–Kier alpha value is -1.66. The number of carbonyl (C=O) groups excluding carboxylic acids is 1. The first-order valence-corrected chi connectivity index (χ1v) is 8.83. The van der Waals surface area contributed by atoms with Gasteiger partial charge in [-0.05, 0) is 25.8 Å². The van der Waals surface area contributed by atoms with Gasteiger partial charge in [0, 0.05) is 37.8 Å². The van der Waals surface area contributed by atoms with Crippen molar-refractivity contribution in [2.24, 2.45) is 7.05 Å². The van der Waals surface area contributed by atoms with Crippen LogP contribution in [0.1, 0.15) is 41.2 Å². The molecule has 0 unspecified atom stereocenters. The summed E-state index contributed by atoms with van der Waals surface area (Å²) in [6.07, 6.45) is 5.56. The maximum atomic E-state index is 12.7. The van der Waals surface area contributed by atoms with E-state index < -0.39 is 5.60 Å². The molecular formula is C17H23N3O2S. The molecule has 3 rings (SSSR count). The molecule has 0 bridgehead atoms. The first-order valence-electron chi connectivity index (χ1n) is 7.95. The van der Waals surface area contributed by atoms with Crippen LogP contribution in [-0.4, -0.2) is 44.7 Å². The number of nitrogens with zero attached hydrogens (tertiary/aromatic N) is 3. The van der Waals surface area contributed by atoms with Crippen LogP contribution < -0.4 is 0 Å². The largest absolute Gasteiger partial charge is 0.388 e. The van der Waals surface area contributed by atoms with Crippen LogP contribution in [0.15, 0.2) is 17.6 Å². The van der Waals surface area contributed by atoms with Gasteiger partial charge in [0.15, 0.2) is 0 Å². The zero-order valence-corrected chi connectivity index (χ0v) is 14.7. The van der Waals surface area contributed by atoms with Gasteiger partial charge < -0.3 is 14.6 Å². The molecule has 124 valence electrons. The Morgan fingerprint density at radius 2 is 2.17 bits per heavy atom. The van der Waals surface area contributed by atoms with Crippen LogP contribution in [0.25, 0.3) is 11.3 Å². The zero-order chi connectivity index (χ0) is 16.6. The highest BCUT2D eigenvalue weighted by Gasteiger charge is 2.34. The number of carbonyl (C=O) groups is 1. The van der Waals surface area contributed by atoms with Crippen molar-refractivity contribution in [3.63, 3.8) is 0 Å². The van der Waals surface area contributed by atoms with Crippen molar-refractivity contribution in [1.82, 2.24) is 14.5 Å². The minimum absolute atomic E-state index is 0.0639. The van der Waals surface area contributed by atoms with E-state index in [1.807, 2.05) is 36.2 Å². The highest BCUT2D eigenvalue weighted by atomic mass is 32.1. The number of aliphatic hydroxyl groups is 1. The van der Waals surface area contributed by atoms with Gasteiger partial charge in [0.1, 0.15) is 5.69 Å². The lowest BCUT2D eigenvalue weighted by Crippen LogP contribution is -2.42. The second-order valence-electron chi connectivity index (χ2n) is 6.57. The van der Waals surface area contributed by atoms with Gasteiger partial charge in [-0.25, -0.2) is 4.98 Å². The van der Waals surface area contributed by atoms with Crippen LogP contribution in [0.2, 0.25) is 0 Å². The van der Waals surface area contributed by atoms with E-state index in [4.69, 9.17) is 0 Å². The summed E-state index contributed by atoms with van der Waals surface area (Å²) in [4.78, 5) is 18.8. The Morgan fingerprint density at radius 1 is 1.48 bits per heavy atom. The van der Waals surface area contributed by atoms with Crippen molar-refractivity contribution >= 4 is 17.2 Å². The molecule has 0 spiro atoms. The summed E-state index contributed by atoms with van der Waals surface area (Å²) in [5.41, 5.74) is 1.76. The number of aryl methyl sites for hydroxylation is 2.